The number of nitrogens with zero attached hydrogens (tertiary/aromatic N) is 1. The van der Waals surface area contributed by atoms with Gasteiger partial charge in [0, 0.05) is 0 Å². The number of hydrogen-bond donors (Lipinski definition) is 0. The van der Waals surface area contributed by atoms with Crippen LogP contribution in [0.15, 0.2) is 18.2 Å². The molecule has 0 aromatic heterocycles. The van der Waals surface area contributed by atoms with Gasteiger partial charge in [-0.1, -0.05) is 6.07 Å². The number of nitriles is 1. The summed E-state index contributed by atoms with van der Waals surface area (Å²) in [5, 5.41) is 8.60. The fourth-order valence-electron chi connectivity index (χ4n) is 1.41. The maximum Gasteiger partial charge on any atom is 0.417 e. The van der Waals surface area contributed by atoms with Gasteiger partial charge in [-0.05, 0) is 24.6 Å². The lowest BCUT2D eigenvalue weighted by atomic mass is 10.0. The molecule has 96 valence electrons. The number of rotatable bonds is 3. The van der Waals surface area contributed by atoms with Gasteiger partial charge in [0.15, 0.2) is 0 Å². The first-order valence-electron chi connectivity index (χ1n) is 5.14. The fourth-order valence-corrected chi connectivity index (χ4v) is 1.41. The van der Waals surface area contributed by atoms with Gasteiger partial charge in [0.25, 0.3) is 0 Å². The topological polar surface area (TPSA) is 50.1 Å². The number of benzene rings is 1. The summed E-state index contributed by atoms with van der Waals surface area (Å²) < 4.78 is 42.5. The molecule has 0 N–H and O–H groups in total. The maximum absolute atomic E-state index is 12.6. The molecule has 18 heavy (non-hydrogen) atoms. The van der Waals surface area contributed by atoms with Gasteiger partial charge in [-0.25, -0.2) is 0 Å². The summed E-state index contributed by atoms with van der Waals surface area (Å²) >= 11 is 0. The molecule has 0 fully saturated rings. The van der Waals surface area contributed by atoms with Gasteiger partial charge in [0.1, 0.15) is 0 Å². The van der Waals surface area contributed by atoms with Crippen LogP contribution in [0, 0.1) is 11.3 Å². The highest BCUT2D eigenvalue weighted by Crippen LogP contribution is 2.32. The van der Waals surface area contributed by atoms with E-state index in [2.05, 4.69) is 4.74 Å². The maximum atomic E-state index is 12.6. The van der Waals surface area contributed by atoms with Crippen molar-refractivity contribution in [2.45, 2.75) is 19.5 Å². The average molecular weight is 257 g/mol. The molecule has 0 bridgehead atoms. The van der Waals surface area contributed by atoms with Gasteiger partial charge < -0.3 is 4.74 Å². The van der Waals surface area contributed by atoms with E-state index >= 15 is 0 Å². The summed E-state index contributed by atoms with van der Waals surface area (Å²) in [5.41, 5.74) is -1.33. The predicted molar refractivity (Wildman–Crippen MR) is 56.5 cm³/mol. The number of ether oxygens (including phenoxy) is 1. The van der Waals surface area contributed by atoms with Gasteiger partial charge in [-0.3, -0.25) is 4.79 Å². The van der Waals surface area contributed by atoms with Crippen molar-refractivity contribution in [3.05, 3.63) is 34.9 Å². The molecule has 0 saturated carbocycles. The van der Waals surface area contributed by atoms with Crippen molar-refractivity contribution >= 4 is 5.97 Å². The highest BCUT2D eigenvalue weighted by molar-refractivity contribution is 5.72. The van der Waals surface area contributed by atoms with Gasteiger partial charge in [-0.2, -0.15) is 18.4 Å². The minimum atomic E-state index is -4.62. The molecule has 0 amide bonds. The smallest absolute Gasteiger partial charge is 0.417 e. The predicted octanol–water partition coefficient (Wildman–Crippen LogP) is 2.68. The largest absolute Gasteiger partial charge is 0.466 e. The van der Waals surface area contributed by atoms with E-state index in [-0.39, 0.29) is 18.6 Å². The van der Waals surface area contributed by atoms with Crippen LogP contribution < -0.4 is 0 Å². The van der Waals surface area contributed by atoms with E-state index in [1.165, 1.54) is 12.1 Å². The number of hydrogen-bond acceptors (Lipinski definition) is 3. The molecule has 0 atom stereocenters. The molecular weight excluding hydrogens is 247 g/mol. The third-order valence-electron chi connectivity index (χ3n) is 2.16. The Morgan fingerprint density at radius 2 is 2.11 bits per heavy atom. The van der Waals surface area contributed by atoms with Crippen molar-refractivity contribution < 1.29 is 22.7 Å². The normalized spacial score (nSPS) is 10.8. The van der Waals surface area contributed by atoms with E-state index in [4.69, 9.17) is 5.26 Å². The van der Waals surface area contributed by atoms with Crippen LogP contribution in [0.5, 0.6) is 0 Å². The zero-order valence-corrected chi connectivity index (χ0v) is 9.54. The average Bonchev–Trinajstić information content (AvgIpc) is 2.28. The zero-order valence-electron chi connectivity index (χ0n) is 9.54. The molecular formula is C12H10F3NO2. The van der Waals surface area contributed by atoms with Crippen molar-refractivity contribution in [2.24, 2.45) is 0 Å². The van der Waals surface area contributed by atoms with Crippen LogP contribution in [0.4, 0.5) is 13.2 Å². The third-order valence-corrected chi connectivity index (χ3v) is 2.16. The molecule has 1 aromatic carbocycles. The molecule has 0 aliphatic rings. The quantitative estimate of drug-likeness (QED) is 0.782. The van der Waals surface area contributed by atoms with Crippen molar-refractivity contribution in [2.75, 3.05) is 6.61 Å². The van der Waals surface area contributed by atoms with E-state index < -0.39 is 23.3 Å². The molecule has 0 spiro atoms. The first-order chi connectivity index (χ1) is 8.38. The first kappa shape index (κ1) is 14.0. The minimum Gasteiger partial charge on any atom is -0.466 e. The fraction of sp³-hybridized carbons (Fsp3) is 0.333. The van der Waals surface area contributed by atoms with E-state index in [1.807, 2.05) is 0 Å². The van der Waals surface area contributed by atoms with E-state index in [9.17, 15) is 18.0 Å². The second-order valence-corrected chi connectivity index (χ2v) is 3.47. The molecule has 0 heterocycles. The van der Waals surface area contributed by atoms with Crippen LogP contribution in [-0.2, 0) is 22.1 Å². The van der Waals surface area contributed by atoms with Crippen LogP contribution in [0.2, 0.25) is 0 Å². The lowest BCUT2D eigenvalue weighted by molar-refractivity contribution is -0.142. The van der Waals surface area contributed by atoms with Crippen LogP contribution >= 0.6 is 0 Å². The van der Waals surface area contributed by atoms with Crippen molar-refractivity contribution in [3.8, 4) is 6.07 Å². The van der Waals surface area contributed by atoms with Crippen LogP contribution in [0.1, 0.15) is 23.6 Å². The number of carbonyl (C=O) groups is 1. The summed E-state index contributed by atoms with van der Waals surface area (Å²) in [6.07, 6.45) is -4.86. The molecule has 0 unspecified atom stereocenters. The second-order valence-electron chi connectivity index (χ2n) is 3.47. The van der Waals surface area contributed by atoms with E-state index in [0.29, 0.717) is 0 Å². The highest BCUT2D eigenvalue weighted by Gasteiger charge is 2.33. The van der Waals surface area contributed by atoms with Crippen molar-refractivity contribution in [3.63, 3.8) is 0 Å². The van der Waals surface area contributed by atoms with Crippen LogP contribution in [0.25, 0.3) is 0 Å². The number of esters is 1. The van der Waals surface area contributed by atoms with E-state index in [1.54, 1.807) is 6.92 Å². The summed E-state index contributed by atoms with van der Waals surface area (Å²) in [4.78, 5) is 11.2. The summed E-state index contributed by atoms with van der Waals surface area (Å²) in [6.45, 7) is 1.78. The summed E-state index contributed by atoms with van der Waals surface area (Å²) in [6, 6.07) is 4.64. The summed E-state index contributed by atoms with van der Waals surface area (Å²) in [7, 11) is 0. The van der Waals surface area contributed by atoms with Gasteiger partial charge in [0.05, 0.1) is 30.2 Å². The second kappa shape index (κ2) is 5.54. The Hall–Kier alpha value is -2.03. The van der Waals surface area contributed by atoms with Crippen molar-refractivity contribution in [1.82, 2.24) is 0 Å². The monoisotopic (exact) mass is 257 g/mol. The number of alkyl halides is 3. The van der Waals surface area contributed by atoms with Crippen LogP contribution in [-0.4, -0.2) is 12.6 Å². The van der Waals surface area contributed by atoms with Crippen LogP contribution in [0.3, 0.4) is 0 Å². The molecule has 6 heteroatoms. The molecule has 0 radical (unpaired) electrons. The Morgan fingerprint density at radius 1 is 1.44 bits per heavy atom. The molecule has 0 saturated heterocycles. The molecule has 1 aromatic rings. The van der Waals surface area contributed by atoms with Gasteiger partial charge >= 0.3 is 12.1 Å². The number of halogens is 3. The Balaban J connectivity index is 3.05. The third kappa shape index (κ3) is 3.48. The Labute approximate surface area is 102 Å². The molecule has 3 nitrogen and oxygen atoms in total. The SMILES string of the molecule is CCOC(=O)Cc1ccc(C#N)c(C(F)(F)F)c1. The highest BCUT2D eigenvalue weighted by atomic mass is 19.4. The van der Waals surface area contributed by atoms with Gasteiger partial charge in [0.2, 0.25) is 0 Å². The zero-order chi connectivity index (χ0) is 13.8. The molecule has 0 aliphatic heterocycles. The lowest BCUT2D eigenvalue weighted by Crippen LogP contribution is -2.11. The van der Waals surface area contributed by atoms with Crippen molar-refractivity contribution in [1.29, 1.82) is 5.26 Å². The lowest BCUT2D eigenvalue weighted by Gasteiger charge is -2.10. The first-order valence-corrected chi connectivity index (χ1v) is 5.14. The standard InChI is InChI=1S/C12H10F3NO2/c1-2-18-11(17)6-8-3-4-9(7-16)10(5-8)12(13,14)15/h3-5H,2,6H2,1H3. The Morgan fingerprint density at radius 3 is 2.61 bits per heavy atom. The van der Waals surface area contributed by atoms with E-state index in [0.717, 1.165) is 12.1 Å². The minimum absolute atomic E-state index is 0.166. The Kier molecular flexibility index (Phi) is 4.32. The molecule has 0 aliphatic carbocycles. The number of carbonyl (C=O) groups excluding carboxylic acids is 1. The Bertz CT molecular complexity index is 489. The summed E-state index contributed by atoms with van der Waals surface area (Å²) in [5.74, 6) is -0.602. The van der Waals surface area contributed by atoms with Gasteiger partial charge in [-0.15, -0.1) is 0 Å². The molecule has 1 rings (SSSR count).